The highest BCUT2D eigenvalue weighted by atomic mass is 32.2. The molecular formula is C30H36N6O11S2. The number of hydrogen-bond donors (Lipinski definition) is 1. The van der Waals surface area contributed by atoms with Crippen LogP contribution in [0.2, 0.25) is 0 Å². The Bertz CT molecular complexity index is 2010. The van der Waals surface area contributed by atoms with Crippen molar-refractivity contribution >= 4 is 55.1 Å². The predicted molar refractivity (Wildman–Crippen MR) is 173 cm³/mol. The van der Waals surface area contributed by atoms with Gasteiger partial charge in [-0.3, -0.25) is 14.8 Å². The van der Waals surface area contributed by atoms with E-state index in [0.29, 0.717) is 0 Å². The van der Waals surface area contributed by atoms with Crippen molar-refractivity contribution < 1.29 is 50.8 Å². The fourth-order valence-corrected chi connectivity index (χ4v) is 6.36. The van der Waals surface area contributed by atoms with Gasteiger partial charge in [0.25, 0.3) is 11.8 Å². The van der Waals surface area contributed by atoms with E-state index in [1.54, 1.807) is 0 Å². The molecule has 17 nitrogen and oxygen atoms in total. The highest BCUT2D eigenvalue weighted by molar-refractivity contribution is 7.91. The number of benzene rings is 2. The molecule has 4 rings (SSSR count). The normalized spacial score (nSPS) is 21.3. The highest BCUT2D eigenvalue weighted by Crippen LogP contribution is 2.34. The summed E-state index contributed by atoms with van der Waals surface area (Å²) in [4.78, 5) is 60.0. The first-order valence-electron chi connectivity index (χ1n) is 14.4. The quantitative estimate of drug-likeness (QED) is 0.337. The Morgan fingerprint density at radius 3 is 1.47 bits per heavy atom. The monoisotopic (exact) mass is 720 g/mol. The standard InChI is InChI=1S/C30H36N6O11S2/c1-28(2,3)46-27(40)36(30(5)23(32-34(7)25(30)38)19-12-16-21(17-13-19)49(9,44)45)47-26(39)35(41)29(4)22(31-33(6)24(29)37)18-10-14-20(15-11-18)48(8,42)43/h10-17,41H,1-9H3. The number of rotatable bonds is 6. The van der Waals surface area contributed by atoms with E-state index in [1.165, 1.54) is 90.3 Å². The second-order valence-corrected chi connectivity index (χ2v) is 16.8. The van der Waals surface area contributed by atoms with Crippen molar-refractivity contribution in [1.82, 2.24) is 20.1 Å². The molecule has 0 radical (unpaired) electrons. The predicted octanol–water partition coefficient (Wildman–Crippen LogP) is 2.04. The smallest absolute Gasteiger partial charge is 0.442 e. The molecule has 0 spiro atoms. The van der Waals surface area contributed by atoms with E-state index in [-0.39, 0.29) is 42.5 Å². The van der Waals surface area contributed by atoms with Crippen LogP contribution in [0.1, 0.15) is 45.7 Å². The molecule has 19 heteroatoms. The van der Waals surface area contributed by atoms with Crippen molar-refractivity contribution in [2.75, 3.05) is 26.6 Å². The maximum Gasteiger partial charge on any atom is 0.459 e. The first-order chi connectivity index (χ1) is 22.3. The van der Waals surface area contributed by atoms with Gasteiger partial charge in [-0.05, 0) is 58.9 Å². The molecule has 2 atom stereocenters. The van der Waals surface area contributed by atoms with Crippen molar-refractivity contribution in [3.63, 3.8) is 0 Å². The van der Waals surface area contributed by atoms with Crippen LogP contribution in [0.5, 0.6) is 0 Å². The number of amides is 4. The van der Waals surface area contributed by atoms with E-state index in [4.69, 9.17) is 9.57 Å². The maximum absolute atomic E-state index is 13.8. The van der Waals surface area contributed by atoms with E-state index < -0.39 is 60.4 Å². The maximum atomic E-state index is 13.8. The number of hydroxylamine groups is 4. The molecule has 1 N–H and O–H groups in total. The zero-order chi connectivity index (χ0) is 37.1. The van der Waals surface area contributed by atoms with Gasteiger partial charge in [-0.25, -0.2) is 36.4 Å². The van der Waals surface area contributed by atoms with Gasteiger partial charge in [0.2, 0.25) is 5.54 Å². The summed E-state index contributed by atoms with van der Waals surface area (Å²) < 4.78 is 53.5. The third kappa shape index (κ3) is 6.73. The molecule has 2 aromatic carbocycles. The summed E-state index contributed by atoms with van der Waals surface area (Å²) in [5, 5.41) is 21.6. The number of likely N-dealkylation sites (N-methyl/N-ethyl adjacent to an activating group) is 2. The molecule has 0 fully saturated rings. The fraction of sp³-hybridized carbons (Fsp3) is 0.400. The first-order valence-corrected chi connectivity index (χ1v) is 18.2. The zero-order valence-corrected chi connectivity index (χ0v) is 29.8. The van der Waals surface area contributed by atoms with Crippen LogP contribution in [0.3, 0.4) is 0 Å². The molecular weight excluding hydrogens is 684 g/mol. The Hall–Kier alpha value is -4.88. The third-order valence-corrected chi connectivity index (χ3v) is 9.94. The SMILES string of the molecule is CN1N=C(c2ccc(S(C)(=O)=O)cc2)C(C)(N(O)C(=O)ON(C(=O)OC(C)(C)C)C2(C)C(=O)N(C)N=C2c2ccc(S(C)(=O)=O)cc2)C1=O. The summed E-state index contributed by atoms with van der Waals surface area (Å²) in [7, 11) is -4.64. The molecule has 2 heterocycles. The average Bonchev–Trinajstić information content (AvgIpc) is 3.37. The second kappa shape index (κ2) is 12.2. The molecule has 0 aromatic heterocycles. The van der Waals surface area contributed by atoms with Crippen LogP contribution in [0.15, 0.2) is 68.5 Å². The van der Waals surface area contributed by atoms with Gasteiger partial charge < -0.3 is 9.57 Å². The lowest BCUT2D eigenvalue weighted by atomic mass is 9.89. The van der Waals surface area contributed by atoms with Crippen molar-refractivity contribution in [1.29, 1.82) is 0 Å². The van der Waals surface area contributed by atoms with Crippen molar-refractivity contribution in [2.24, 2.45) is 10.2 Å². The Morgan fingerprint density at radius 1 is 0.735 bits per heavy atom. The summed E-state index contributed by atoms with van der Waals surface area (Å²) in [5.41, 5.74) is -5.73. The number of carbonyl (C=O) groups is 4. The Balaban J connectivity index is 1.78. The van der Waals surface area contributed by atoms with Crippen LogP contribution < -0.4 is 0 Å². The summed E-state index contributed by atoms with van der Waals surface area (Å²) in [6, 6.07) is 10.4. The number of sulfone groups is 2. The van der Waals surface area contributed by atoms with Crippen molar-refractivity contribution in [3.05, 3.63) is 59.7 Å². The van der Waals surface area contributed by atoms with Gasteiger partial charge >= 0.3 is 12.2 Å². The van der Waals surface area contributed by atoms with Gasteiger partial charge in [0.15, 0.2) is 25.2 Å². The molecule has 0 aliphatic carbocycles. The summed E-state index contributed by atoms with van der Waals surface area (Å²) >= 11 is 0. The lowest BCUT2D eigenvalue weighted by Crippen LogP contribution is -2.64. The van der Waals surface area contributed by atoms with Crippen LogP contribution in [-0.2, 0) is 38.8 Å². The zero-order valence-electron chi connectivity index (χ0n) is 28.1. The molecule has 2 aromatic rings. The van der Waals surface area contributed by atoms with Crippen LogP contribution in [0.25, 0.3) is 0 Å². The Labute approximate surface area is 283 Å². The number of nitrogens with zero attached hydrogens (tertiary/aromatic N) is 6. The minimum Gasteiger partial charge on any atom is -0.442 e. The highest BCUT2D eigenvalue weighted by Gasteiger charge is 2.59. The second-order valence-electron chi connectivity index (χ2n) is 12.7. The van der Waals surface area contributed by atoms with Gasteiger partial charge in [-0.15, -0.1) is 5.06 Å². The topological polar surface area (TPSA) is 213 Å². The van der Waals surface area contributed by atoms with Gasteiger partial charge in [0.05, 0.1) is 9.79 Å². The number of ether oxygens (including phenoxy) is 1. The molecule has 49 heavy (non-hydrogen) atoms. The van der Waals surface area contributed by atoms with Gasteiger partial charge in [0, 0.05) is 37.7 Å². The summed E-state index contributed by atoms with van der Waals surface area (Å²) in [6.07, 6.45) is -1.06. The molecule has 2 aliphatic rings. The average molecular weight is 721 g/mol. The van der Waals surface area contributed by atoms with Crippen molar-refractivity contribution in [2.45, 2.75) is 61.1 Å². The number of hydrogen-bond acceptors (Lipinski definition) is 13. The minimum absolute atomic E-state index is 0.0348. The molecule has 2 unspecified atom stereocenters. The molecule has 2 aliphatic heterocycles. The minimum atomic E-state index is -3.60. The molecule has 0 saturated carbocycles. The van der Waals surface area contributed by atoms with Crippen LogP contribution in [-0.4, -0.2) is 121 Å². The van der Waals surface area contributed by atoms with E-state index >= 15 is 0 Å². The Morgan fingerprint density at radius 2 is 1.10 bits per heavy atom. The molecule has 4 amide bonds. The van der Waals surface area contributed by atoms with E-state index in [1.807, 2.05) is 0 Å². The Kier molecular flexibility index (Phi) is 9.21. The van der Waals surface area contributed by atoms with Gasteiger partial charge in [0.1, 0.15) is 17.0 Å². The van der Waals surface area contributed by atoms with Gasteiger partial charge in [-0.1, -0.05) is 24.3 Å². The third-order valence-electron chi connectivity index (χ3n) is 7.69. The van der Waals surface area contributed by atoms with E-state index in [9.17, 15) is 41.2 Å². The fourth-order valence-electron chi connectivity index (χ4n) is 5.10. The molecule has 0 saturated heterocycles. The molecule has 0 bridgehead atoms. The van der Waals surface area contributed by atoms with Crippen molar-refractivity contribution in [3.8, 4) is 0 Å². The van der Waals surface area contributed by atoms with Crippen LogP contribution in [0, 0.1) is 0 Å². The largest absolute Gasteiger partial charge is 0.459 e. The molecule has 264 valence electrons. The lowest BCUT2D eigenvalue weighted by molar-refractivity contribution is -0.195. The summed E-state index contributed by atoms with van der Waals surface area (Å²) in [5.74, 6) is -1.79. The first kappa shape index (κ1) is 36.9. The van der Waals surface area contributed by atoms with E-state index in [0.717, 1.165) is 29.5 Å². The van der Waals surface area contributed by atoms with E-state index in [2.05, 4.69) is 10.2 Å². The lowest BCUT2D eigenvalue weighted by Gasteiger charge is -2.38. The van der Waals surface area contributed by atoms with Crippen LogP contribution >= 0.6 is 0 Å². The summed E-state index contributed by atoms with van der Waals surface area (Å²) in [6.45, 7) is 6.89. The number of hydrazone groups is 2. The van der Waals surface area contributed by atoms with Gasteiger partial charge in [-0.2, -0.15) is 15.3 Å². The number of carbonyl (C=O) groups excluding carboxylic acids is 4. The van der Waals surface area contributed by atoms with Crippen LogP contribution in [0.4, 0.5) is 9.59 Å².